The summed E-state index contributed by atoms with van der Waals surface area (Å²) in [4.78, 5) is 19.6. The number of ether oxygens (including phenoxy) is 1. The third kappa shape index (κ3) is 3.52. The molecule has 0 radical (unpaired) electrons. The minimum atomic E-state index is -0.892. The number of aryl methyl sites for hydroxylation is 1. The fourth-order valence-corrected chi connectivity index (χ4v) is 2.64. The van der Waals surface area contributed by atoms with Crippen molar-refractivity contribution in [1.29, 1.82) is 0 Å². The van der Waals surface area contributed by atoms with Crippen molar-refractivity contribution < 1.29 is 9.53 Å². The summed E-state index contributed by atoms with van der Waals surface area (Å²) in [5, 5.41) is 2.73. The second kappa shape index (κ2) is 6.15. The van der Waals surface area contributed by atoms with Crippen molar-refractivity contribution in [2.75, 3.05) is 0 Å². The Morgan fingerprint density at radius 3 is 2.78 bits per heavy atom. The zero-order valence-electron chi connectivity index (χ0n) is 12.0. The predicted octanol–water partition coefficient (Wildman–Crippen LogP) is 3.91. The molecule has 1 aliphatic carbocycles. The molecule has 1 aliphatic rings. The lowest BCUT2D eigenvalue weighted by atomic mass is 10.2. The van der Waals surface area contributed by atoms with Crippen LogP contribution in [0.2, 0.25) is 5.02 Å². The van der Waals surface area contributed by atoms with Gasteiger partial charge in [0.25, 0.3) is 5.91 Å². The number of halogens is 3. The maximum absolute atomic E-state index is 12.2. The third-order valence-electron chi connectivity index (χ3n) is 3.34. The predicted molar refractivity (Wildman–Crippen MR) is 88.6 cm³/mol. The van der Waals surface area contributed by atoms with E-state index in [1.54, 1.807) is 37.4 Å². The molecule has 1 saturated carbocycles. The number of hydrogen-bond acceptors (Lipinski definition) is 4. The van der Waals surface area contributed by atoms with E-state index in [1.165, 1.54) is 0 Å². The van der Waals surface area contributed by atoms with Gasteiger partial charge >= 0.3 is 0 Å². The van der Waals surface area contributed by atoms with Gasteiger partial charge < -0.3 is 10.1 Å². The quantitative estimate of drug-likeness (QED) is 0.653. The summed E-state index contributed by atoms with van der Waals surface area (Å²) in [5.74, 6) is 0.0550. The largest absolute Gasteiger partial charge is 0.419 e. The number of nitrogens with one attached hydrogen (secondary N) is 1. The minimum absolute atomic E-state index is 0.174. The van der Waals surface area contributed by atoms with E-state index >= 15 is 0 Å². The number of alkyl halides is 2. The topological polar surface area (TPSA) is 64.1 Å². The Balaban J connectivity index is 1.82. The van der Waals surface area contributed by atoms with Gasteiger partial charge in [-0.2, -0.15) is 0 Å². The number of carbonyl (C=O) groups excluding carboxylic acids is 1. The van der Waals surface area contributed by atoms with E-state index in [-0.39, 0.29) is 22.8 Å². The molecule has 8 heteroatoms. The molecule has 0 spiro atoms. The highest BCUT2D eigenvalue weighted by molar-refractivity contribution is 6.37. The van der Waals surface area contributed by atoms with Crippen molar-refractivity contribution >= 4 is 40.7 Å². The highest BCUT2D eigenvalue weighted by Gasteiger charge is 2.53. The molecule has 3 rings (SSSR count). The summed E-state index contributed by atoms with van der Waals surface area (Å²) in [5.41, 5.74) is 0.916. The Bertz CT molecular complexity index is 771. The normalized spacial score (nSPS) is 22.5. The molecule has 2 aromatic rings. The second-order valence-electron chi connectivity index (χ2n) is 5.20. The van der Waals surface area contributed by atoms with Crippen molar-refractivity contribution in [3.63, 3.8) is 0 Å². The molecule has 2 unspecified atom stereocenters. The molecule has 1 amide bonds. The van der Waals surface area contributed by atoms with Crippen LogP contribution in [0.3, 0.4) is 0 Å². The average Bonchev–Trinajstić information content (AvgIpc) is 3.09. The summed E-state index contributed by atoms with van der Waals surface area (Å²) in [6.45, 7) is 1.81. The van der Waals surface area contributed by atoms with Crippen LogP contribution in [0.4, 0.5) is 0 Å². The molecule has 0 aliphatic heterocycles. The molecule has 2 atom stereocenters. The molecule has 5 nitrogen and oxygen atoms in total. The van der Waals surface area contributed by atoms with Gasteiger partial charge in [0.15, 0.2) is 0 Å². The van der Waals surface area contributed by atoms with Gasteiger partial charge in [0.1, 0.15) is 15.7 Å². The van der Waals surface area contributed by atoms with Crippen molar-refractivity contribution in [2.24, 2.45) is 0 Å². The number of aromatic nitrogens is 2. The van der Waals surface area contributed by atoms with E-state index in [1.807, 2.05) is 0 Å². The van der Waals surface area contributed by atoms with Crippen molar-refractivity contribution in [3.05, 3.63) is 46.7 Å². The summed E-state index contributed by atoms with van der Waals surface area (Å²) < 4.78 is 5.60. The summed E-state index contributed by atoms with van der Waals surface area (Å²) in [6, 6.07) is 6.65. The minimum Gasteiger partial charge on any atom is -0.419 e. The first-order valence-corrected chi connectivity index (χ1v) is 8.00. The molecule has 120 valence electrons. The lowest BCUT2D eigenvalue weighted by Crippen LogP contribution is -2.35. The van der Waals surface area contributed by atoms with Gasteiger partial charge in [0.2, 0.25) is 11.8 Å². The van der Waals surface area contributed by atoms with E-state index in [4.69, 9.17) is 39.5 Å². The first-order chi connectivity index (χ1) is 10.9. The maximum Gasteiger partial charge on any atom is 0.271 e. The summed E-state index contributed by atoms with van der Waals surface area (Å²) in [7, 11) is 0. The van der Waals surface area contributed by atoms with Crippen LogP contribution in [-0.2, 0) is 0 Å². The SMILES string of the molecule is Cc1ccc(C(=O)NC2(Cl)CC2Cl)nc1Oc1ncccc1Cl. The monoisotopic (exact) mass is 371 g/mol. The number of hydrogen-bond donors (Lipinski definition) is 1. The molecule has 2 aromatic heterocycles. The molecule has 0 bridgehead atoms. The molecular formula is C15H12Cl3N3O2. The van der Waals surface area contributed by atoms with E-state index < -0.39 is 10.9 Å². The number of amides is 1. The molecule has 0 aromatic carbocycles. The molecule has 1 fully saturated rings. The standard InChI is InChI=1S/C15H12Cl3N3O2/c1-8-4-5-10(12(22)21-15(18)7-11(15)17)20-13(8)23-14-9(16)3-2-6-19-14/h2-6,11H,7H2,1H3,(H,21,22). The molecule has 0 saturated heterocycles. The smallest absolute Gasteiger partial charge is 0.271 e. The Labute approximate surface area is 147 Å². The van der Waals surface area contributed by atoms with Gasteiger partial charge in [0.05, 0.1) is 5.38 Å². The molecule has 2 heterocycles. The van der Waals surface area contributed by atoms with Crippen LogP contribution in [0.15, 0.2) is 30.5 Å². The Hall–Kier alpha value is -1.56. The fourth-order valence-electron chi connectivity index (χ4n) is 1.86. The van der Waals surface area contributed by atoms with Gasteiger partial charge in [-0.25, -0.2) is 9.97 Å². The highest BCUT2D eigenvalue weighted by atomic mass is 35.5. The zero-order valence-corrected chi connectivity index (χ0v) is 14.3. The number of pyridine rings is 2. The number of rotatable bonds is 4. The first-order valence-electron chi connectivity index (χ1n) is 6.80. The maximum atomic E-state index is 12.2. The van der Waals surface area contributed by atoms with E-state index in [0.717, 1.165) is 5.56 Å². The van der Waals surface area contributed by atoms with Crippen LogP contribution in [-0.4, -0.2) is 26.3 Å². The van der Waals surface area contributed by atoms with Crippen LogP contribution in [0, 0.1) is 6.92 Å². The lowest BCUT2D eigenvalue weighted by Gasteiger charge is -2.12. The number of nitrogens with zero attached hydrogens (tertiary/aromatic N) is 2. The molecule has 23 heavy (non-hydrogen) atoms. The van der Waals surface area contributed by atoms with Crippen LogP contribution in [0.1, 0.15) is 22.5 Å². The summed E-state index contributed by atoms with van der Waals surface area (Å²) in [6.07, 6.45) is 2.07. The van der Waals surface area contributed by atoms with Gasteiger partial charge in [-0.3, -0.25) is 4.79 Å². The summed E-state index contributed by atoms with van der Waals surface area (Å²) >= 11 is 18.0. The molecular weight excluding hydrogens is 361 g/mol. The fraction of sp³-hybridized carbons (Fsp3) is 0.267. The van der Waals surface area contributed by atoms with Crippen molar-refractivity contribution in [2.45, 2.75) is 23.7 Å². The van der Waals surface area contributed by atoms with E-state index in [0.29, 0.717) is 11.4 Å². The van der Waals surface area contributed by atoms with Crippen molar-refractivity contribution in [3.8, 4) is 11.8 Å². The Kier molecular flexibility index (Phi) is 4.36. The van der Waals surface area contributed by atoms with Crippen LogP contribution in [0.5, 0.6) is 11.8 Å². The average molecular weight is 373 g/mol. The third-order valence-corrected chi connectivity index (χ3v) is 4.77. The van der Waals surface area contributed by atoms with Crippen LogP contribution >= 0.6 is 34.8 Å². The van der Waals surface area contributed by atoms with E-state index in [9.17, 15) is 4.79 Å². The lowest BCUT2D eigenvalue weighted by molar-refractivity contribution is 0.0940. The Morgan fingerprint density at radius 1 is 1.39 bits per heavy atom. The van der Waals surface area contributed by atoms with Gasteiger partial charge in [-0.1, -0.05) is 29.3 Å². The number of carbonyl (C=O) groups is 1. The molecule has 1 N–H and O–H groups in total. The second-order valence-corrected chi connectivity index (χ2v) is 6.81. The van der Waals surface area contributed by atoms with E-state index in [2.05, 4.69) is 15.3 Å². The zero-order chi connectivity index (χ0) is 16.6. The van der Waals surface area contributed by atoms with Crippen molar-refractivity contribution in [1.82, 2.24) is 15.3 Å². The first kappa shape index (κ1) is 16.3. The van der Waals surface area contributed by atoms with Gasteiger partial charge in [-0.15, -0.1) is 11.6 Å². The Morgan fingerprint density at radius 2 is 2.13 bits per heavy atom. The van der Waals surface area contributed by atoms with Crippen LogP contribution in [0.25, 0.3) is 0 Å². The highest BCUT2D eigenvalue weighted by Crippen LogP contribution is 2.45. The van der Waals surface area contributed by atoms with Gasteiger partial charge in [0, 0.05) is 18.2 Å². The van der Waals surface area contributed by atoms with Gasteiger partial charge in [-0.05, 0) is 25.1 Å². The van der Waals surface area contributed by atoms with Crippen LogP contribution < -0.4 is 10.1 Å².